The van der Waals surface area contributed by atoms with Crippen LogP contribution in [0.1, 0.15) is 11.1 Å². The first-order chi connectivity index (χ1) is 11.1. The second kappa shape index (κ2) is 8.39. The van der Waals surface area contributed by atoms with E-state index in [1.807, 2.05) is 60.7 Å². The minimum absolute atomic E-state index is 0.0721. The first-order valence-corrected chi connectivity index (χ1v) is 7.96. The first-order valence-electron chi connectivity index (χ1n) is 7.33. The van der Waals surface area contributed by atoms with Crippen molar-refractivity contribution in [1.29, 1.82) is 0 Å². The van der Waals surface area contributed by atoms with Crippen molar-refractivity contribution in [2.45, 2.75) is 19.0 Å². The van der Waals surface area contributed by atoms with Crippen molar-refractivity contribution < 1.29 is 14.7 Å². The molecule has 0 aliphatic carbocycles. The molecule has 0 spiro atoms. The van der Waals surface area contributed by atoms with Crippen LogP contribution in [-0.4, -0.2) is 33.7 Å². The van der Waals surface area contributed by atoms with Crippen molar-refractivity contribution in [3.63, 3.8) is 0 Å². The SMILES string of the molecule is O=C(O)[C@@H](CS)N(Cc1ccccc1)C(=O)Cc1ccccc1. The van der Waals surface area contributed by atoms with Crippen LogP contribution >= 0.6 is 12.6 Å². The van der Waals surface area contributed by atoms with Crippen molar-refractivity contribution in [3.05, 3.63) is 71.8 Å². The molecule has 120 valence electrons. The fraction of sp³-hybridized carbons (Fsp3) is 0.222. The third kappa shape index (κ3) is 4.86. The molecule has 0 aliphatic heterocycles. The molecule has 1 amide bonds. The summed E-state index contributed by atoms with van der Waals surface area (Å²) in [5, 5.41) is 9.39. The highest BCUT2D eigenvalue weighted by Crippen LogP contribution is 2.13. The fourth-order valence-corrected chi connectivity index (χ4v) is 2.69. The second-order valence-corrected chi connectivity index (χ2v) is 5.57. The van der Waals surface area contributed by atoms with E-state index < -0.39 is 12.0 Å². The number of benzene rings is 2. The van der Waals surface area contributed by atoms with E-state index in [4.69, 9.17) is 0 Å². The fourth-order valence-electron chi connectivity index (χ4n) is 2.33. The van der Waals surface area contributed by atoms with Crippen LogP contribution in [0.3, 0.4) is 0 Å². The summed E-state index contributed by atoms with van der Waals surface area (Å²) in [6.07, 6.45) is 0.172. The Labute approximate surface area is 141 Å². The molecule has 0 aliphatic rings. The second-order valence-electron chi connectivity index (χ2n) is 5.21. The smallest absolute Gasteiger partial charge is 0.327 e. The van der Waals surface area contributed by atoms with Gasteiger partial charge >= 0.3 is 5.97 Å². The number of thiol groups is 1. The zero-order chi connectivity index (χ0) is 16.7. The van der Waals surface area contributed by atoms with Crippen molar-refractivity contribution in [2.75, 3.05) is 5.75 Å². The Bertz CT molecular complexity index is 646. The van der Waals surface area contributed by atoms with Gasteiger partial charge in [-0.3, -0.25) is 4.79 Å². The molecule has 0 saturated heterocycles. The number of hydrogen-bond donors (Lipinski definition) is 2. The van der Waals surface area contributed by atoms with Crippen molar-refractivity contribution in [2.24, 2.45) is 0 Å². The number of nitrogens with zero attached hydrogens (tertiary/aromatic N) is 1. The molecule has 0 radical (unpaired) electrons. The summed E-state index contributed by atoms with van der Waals surface area (Å²) in [5.41, 5.74) is 1.75. The van der Waals surface area contributed by atoms with Gasteiger partial charge in [-0.15, -0.1) is 0 Å². The summed E-state index contributed by atoms with van der Waals surface area (Å²) in [6.45, 7) is 0.254. The quantitative estimate of drug-likeness (QED) is 0.768. The average molecular weight is 329 g/mol. The van der Waals surface area contributed by atoms with Crippen LogP contribution in [0.15, 0.2) is 60.7 Å². The van der Waals surface area contributed by atoms with Gasteiger partial charge in [0.2, 0.25) is 5.91 Å². The number of carboxylic acid groups (broad SMARTS) is 1. The normalized spacial score (nSPS) is 11.7. The van der Waals surface area contributed by atoms with Crippen LogP contribution in [0.4, 0.5) is 0 Å². The minimum Gasteiger partial charge on any atom is -0.480 e. The van der Waals surface area contributed by atoms with Crippen molar-refractivity contribution in [3.8, 4) is 0 Å². The molecule has 0 saturated carbocycles. The van der Waals surface area contributed by atoms with Gasteiger partial charge in [-0.2, -0.15) is 12.6 Å². The van der Waals surface area contributed by atoms with E-state index in [1.54, 1.807) is 0 Å². The number of carbonyl (C=O) groups is 2. The van der Waals surface area contributed by atoms with Crippen molar-refractivity contribution in [1.82, 2.24) is 4.90 Å². The Morgan fingerprint density at radius 2 is 1.48 bits per heavy atom. The molecule has 0 fully saturated rings. The molecule has 0 heterocycles. The largest absolute Gasteiger partial charge is 0.480 e. The zero-order valence-corrected chi connectivity index (χ0v) is 13.5. The van der Waals surface area contributed by atoms with Gasteiger partial charge in [-0.25, -0.2) is 4.79 Å². The van der Waals surface area contributed by atoms with E-state index in [-0.39, 0.29) is 24.6 Å². The number of hydrogen-bond acceptors (Lipinski definition) is 3. The predicted molar refractivity (Wildman–Crippen MR) is 92.4 cm³/mol. The van der Waals surface area contributed by atoms with E-state index >= 15 is 0 Å². The van der Waals surface area contributed by atoms with Gasteiger partial charge in [0, 0.05) is 12.3 Å². The molecular weight excluding hydrogens is 310 g/mol. The predicted octanol–water partition coefficient (Wildman–Crippen LogP) is 2.64. The Morgan fingerprint density at radius 3 is 1.96 bits per heavy atom. The molecule has 23 heavy (non-hydrogen) atoms. The topological polar surface area (TPSA) is 57.6 Å². The van der Waals surface area contributed by atoms with E-state index in [9.17, 15) is 14.7 Å². The average Bonchev–Trinajstić information content (AvgIpc) is 2.56. The number of amides is 1. The summed E-state index contributed by atoms with van der Waals surface area (Å²) >= 11 is 4.11. The van der Waals surface area contributed by atoms with Crippen LogP contribution < -0.4 is 0 Å². The number of rotatable bonds is 7. The Kier molecular flexibility index (Phi) is 6.23. The summed E-state index contributed by atoms with van der Waals surface area (Å²) < 4.78 is 0. The highest BCUT2D eigenvalue weighted by Gasteiger charge is 2.28. The van der Waals surface area contributed by atoms with Crippen LogP contribution in [0.5, 0.6) is 0 Å². The van der Waals surface area contributed by atoms with Crippen LogP contribution in [0.25, 0.3) is 0 Å². The van der Waals surface area contributed by atoms with Crippen LogP contribution in [0, 0.1) is 0 Å². The van der Waals surface area contributed by atoms with Gasteiger partial charge in [-0.1, -0.05) is 60.7 Å². The summed E-state index contributed by atoms with van der Waals surface area (Å²) in [6, 6.07) is 17.7. The third-order valence-corrected chi connectivity index (χ3v) is 3.89. The molecule has 0 bridgehead atoms. The molecule has 1 atom stereocenters. The molecule has 4 nitrogen and oxygen atoms in total. The lowest BCUT2D eigenvalue weighted by Crippen LogP contribution is -2.46. The molecule has 1 N–H and O–H groups in total. The number of carbonyl (C=O) groups excluding carboxylic acids is 1. The Morgan fingerprint density at radius 1 is 0.957 bits per heavy atom. The van der Waals surface area contributed by atoms with Gasteiger partial charge < -0.3 is 10.0 Å². The highest BCUT2D eigenvalue weighted by atomic mass is 32.1. The molecule has 5 heteroatoms. The Hall–Kier alpha value is -2.27. The standard InChI is InChI=1S/C18H19NO3S/c20-17(11-14-7-3-1-4-8-14)19(16(13-23)18(21)22)12-15-9-5-2-6-10-15/h1-10,16,23H,11-13H2,(H,21,22)/t16-/m1/s1. The maximum Gasteiger partial charge on any atom is 0.327 e. The molecule has 2 aromatic rings. The van der Waals surface area contributed by atoms with E-state index in [1.165, 1.54) is 4.90 Å². The molecule has 0 aromatic heterocycles. The summed E-state index contributed by atoms with van der Waals surface area (Å²) in [7, 11) is 0. The molecule has 2 rings (SSSR count). The van der Waals surface area contributed by atoms with Crippen molar-refractivity contribution >= 4 is 24.5 Å². The lowest BCUT2D eigenvalue weighted by Gasteiger charge is -2.28. The number of carboxylic acids is 1. The lowest BCUT2D eigenvalue weighted by atomic mass is 10.1. The monoisotopic (exact) mass is 329 g/mol. The third-order valence-electron chi connectivity index (χ3n) is 3.55. The minimum atomic E-state index is -1.04. The van der Waals surface area contributed by atoms with Gasteiger partial charge in [-0.05, 0) is 11.1 Å². The highest BCUT2D eigenvalue weighted by molar-refractivity contribution is 7.80. The van der Waals surface area contributed by atoms with E-state index in [2.05, 4.69) is 12.6 Å². The maximum atomic E-state index is 12.7. The van der Waals surface area contributed by atoms with E-state index in [0.29, 0.717) is 0 Å². The van der Waals surface area contributed by atoms with Gasteiger partial charge in [0.25, 0.3) is 0 Å². The van der Waals surface area contributed by atoms with E-state index in [0.717, 1.165) is 11.1 Å². The molecule has 2 aromatic carbocycles. The molecule has 0 unspecified atom stereocenters. The van der Waals surface area contributed by atoms with Crippen LogP contribution in [0.2, 0.25) is 0 Å². The first kappa shape index (κ1) is 17.1. The number of aliphatic carboxylic acids is 1. The van der Waals surface area contributed by atoms with Gasteiger partial charge in [0.1, 0.15) is 6.04 Å². The molecular formula is C18H19NO3S. The lowest BCUT2D eigenvalue weighted by molar-refractivity contribution is -0.149. The zero-order valence-electron chi connectivity index (χ0n) is 12.6. The summed E-state index contributed by atoms with van der Waals surface area (Å²) in [4.78, 5) is 25.5. The van der Waals surface area contributed by atoms with Gasteiger partial charge in [0.05, 0.1) is 6.42 Å². The Balaban J connectivity index is 2.21. The maximum absolute atomic E-state index is 12.7. The van der Waals surface area contributed by atoms with Gasteiger partial charge in [0.15, 0.2) is 0 Å². The summed E-state index contributed by atoms with van der Waals surface area (Å²) in [5.74, 6) is -1.19. The van der Waals surface area contributed by atoms with Crippen LogP contribution in [-0.2, 0) is 22.6 Å².